The maximum absolute atomic E-state index is 9.07. The molecular weight excluding hydrogens is 432 g/mol. The average molecular weight is 463 g/mol. The van der Waals surface area contributed by atoms with E-state index < -0.39 is 0 Å². The number of hydrogen-bond acceptors (Lipinski definition) is 4. The lowest BCUT2D eigenvalue weighted by atomic mass is 9.88. The highest BCUT2D eigenvalue weighted by Gasteiger charge is 2.28. The number of ether oxygens (including phenoxy) is 1. The van der Waals surface area contributed by atoms with Crippen molar-refractivity contribution < 1.29 is 4.74 Å². The summed E-state index contributed by atoms with van der Waals surface area (Å²) >= 11 is 0. The Hall–Kier alpha value is -3.88. The van der Waals surface area contributed by atoms with Crippen molar-refractivity contribution in [1.29, 1.82) is 5.26 Å². The van der Waals surface area contributed by atoms with Gasteiger partial charge in [0.2, 0.25) is 0 Å². The standard InChI is InChI=1S/C30H30N4O/c1-35-28-12-13-29-26(17-28)15-16-33(30(29)14-11-23-5-3-2-4-6-23)21-27-19-32-22-34(27)20-25-9-7-24(18-31)8-10-25/h2-10,12-13,17,19,22,30H,11,14-16,20-21H2,1H3. The first-order chi connectivity index (χ1) is 17.2. The number of nitrogens with zero attached hydrogens (tertiary/aromatic N) is 4. The van der Waals surface area contributed by atoms with E-state index in [0.29, 0.717) is 11.6 Å². The number of rotatable bonds is 8. The average Bonchev–Trinajstić information content (AvgIpc) is 3.34. The summed E-state index contributed by atoms with van der Waals surface area (Å²) in [5.74, 6) is 0.930. The highest BCUT2D eigenvalue weighted by atomic mass is 16.5. The summed E-state index contributed by atoms with van der Waals surface area (Å²) in [5, 5.41) is 9.07. The molecule has 4 aromatic rings. The summed E-state index contributed by atoms with van der Waals surface area (Å²) in [6.45, 7) is 2.60. The lowest BCUT2D eigenvalue weighted by molar-refractivity contribution is 0.163. The van der Waals surface area contributed by atoms with E-state index in [1.54, 1.807) is 7.11 Å². The van der Waals surface area contributed by atoms with Crippen LogP contribution in [0.25, 0.3) is 0 Å². The van der Waals surface area contributed by atoms with Gasteiger partial charge in [0, 0.05) is 31.9 Å². The van der Waals surface area contributed by atoms with Gasteiger partial charge in [-0.3, -0.25) is 4.90 Å². The molecule has 0 bridgehead atoms. The molecule has 1 unspecified atom stereocenters. The first-order valence-electron chi connectivity index (χ1n) is 12.2. The molecule has 0 radical (unpaired) electrons. The van der Waals surface area contributed by atoms with Crippen molar-refractivity contribution in [3.05, 3.63) is 119 Å². The van der Waals surface area contributed by atoms with Crippen LogP contribution in [0, 0.1) is 11.3 Å². The Morgan fingerprint density at radius 1 is 1.00 bits per heavy atom. The zero-order valence-corrected chi connectivity index (χ0v) is 20.1. The molecule has 176 valence electrons. The zero-order chi connectivity index (χ0) is 24.0. The number of fused-ring (bicyclic) bond motifs is 1. The molecule has 1 aromatic heterocycles. The molecule has 0 aliphatic carbocycles. The van der Waals surface area contributed by atoms with Crippen LogP contribution in [0.4, 0.5) is 0 Å². The van der Waals surface area contributed by atoms with Gasteiger partial charge in [-0.05, 0) is 65.8 Å². The predicted octanol–water partition coefficient (Wildman–Crippen LogP) is 5.54. The van der Waals surface area contributed by atoms with Crippen molar-refractivity contribution >= 4 is 0 Å². The van der Waals surface area contributed by atoms with E-state index in [1.807, 2.05) is 36.8 Å². The monoisotopic (exact) mass is 462 g/mol. The fourth-order valence-electron chi connectivity index (χ4n) is 5.05. The molecule has 0 spiro atoms. The fraction of sp³-hybridized carbons (Fsp3) is 0.267. The van der Waals surface area contributed by atoms with Gasteiger partial charge in [0.15, 0.2) is 0 Å². The van der Waals surface area contributed by atoms with E-state index in [0.717, 1.165) is 44.6 Å². The van der Waals surface area contributed by atoms with Crippen LogP contribution in [-0.2, 0) is 25.9 Å². The number of hydrogen-bond donors (Lipinski definition) is 0. The van der Waals surface area contributed by atoms with Gasteiger partial charge in [-0.25, -0.2) is 4.98 Å². The molecule has 5 heteroatoms. The minimum absolute atomic E-state index is 0.336. The number of aryl methyl sites for hydroxylation is 1. The van der Waals surface area contributed by atoms with E-state index in [-0.39, 0.29) is 0 Å². The lowest BCUT2D eigenvalue weighted by Gasteiger charge is -2.38. The molecule has 0 saturated carbocycles. The van der Waals surface area contributed by atoms with Gasteiger partial charge in [-0.1, -0.05) is 48.5 Å². The minimum Gasteiger partial charge on any atom is -0.497 e. The van der Waals surface area contributed by atoms with Crippen LogP contribution < -0.4 is 4.74 Å². The summed E-state index contributed by atoms with van der Waals surface area (Å²) in [5.41, 5.74) is 7.23. The van der Waals surface area contributed by atoms with Crippen LogP contribution in [-0.4, -0.2) is 28.1 Å². The summed E-state index contributed by atoms with van der Waals surface area (Å²) in [4.78, 5) is 7.07. The summed E-state index contributed by atoms with van der Waals surface area (Å²) in [6, 6.07) is 27.6. The highest BCUT2D eigenvalue weighted by Crippen LogP contribution is 2.36. The minimum atomic E-state index is 0.336. The Bertz CT molecular complexity index is 1300. The number of benzene rings is 3. The molecule has 2 heterocycles. The van der Waals surface area contributed by atoms with Gasteiger partial charge < -0.3 is 9.30 Å². The lowest BCUT2D eigenvalue weighted by Crippen LogP contribution is -2.36. The number of methoxy groups -OCH3 is 1. The summed E-state index contributed by atoms with van der Waals surface area (Å²) in [6.07, 6.45) is 7.01. The second kappa shape index (κ2) is 10.6. The van der Waals surface area contributed by atoms with Crippen molar-refractivity contribution in [3.63, 3.8) is 0 Å². The van der Waals surface area contributed by atoms with Crippen molar-refractivity contribution in [3.8, 4) is 11.8 Å². The second-order valence-corrected chi connectivity index (χ2v) is 9.15. The van der Waals surface area contributed by atoms with Gasteiger partial charge in [0.25, 0.3) is 0 Å². The Kier molecular flexibility index (Phi) is 6.92. The number of aromatic nitrogens is 2. The van der Waals surface area contributed by atoms with Gasteiger partial charge in [-0.2, -0.15) is 5.26 Å². The summed E-state index contributed by atoms with van der Waals surface area (Å²) < 4.78 is 7.72. The zero-order valence-electron chi connectivity index (χ0n) is 20.1. The Labute approximate surface area is 207 Å². The third-order valence-corrected chi connectivity index (χ3v) is 6.97. The molecular formula is C30H30N4O. The second-order valence-electron chi connectivity index (χ2n) is 9.15. The molecule has 5 rings (SSSR count). The largest absolute Gasteiger partial charge is 0.497 e. The van der Waals surface area contributed by atoms with Crippen molar-refractivity contribution in [2.24, 2.45) is 0 Å². The normalized spacial score (nSPS) is 15.4. The van der Waals surface area contributed by atoms with Crippen LogP contribution >= 0.6 is 0 Å². The molecule has 0 amide bonds. The van der Waals surface area contributed by atoms with E-state index >= 15 is 0 Å². The van der Waals surface area contributed by atoms with Crippen molar-refractivity contribution in [2.45, 2.75) is 38.4 Å². The Morgan fingerprint density at radius 3 is 2.60 bits per heavy atom. The first-order valence-corrected chi connectivity index (χ1v) is 12.2. The summed E-state index contributed by atoms with van der Waals surface area (Å²) in [7, 11) is 1.73. The van der Waals surface area contributed by atoms with E-state index in [4.69, 9.17) is 10.00 Å². The molecule has 1 aliphatic heterocycles. The molecule has 0 N–H and O–H groups in total. The predicted molar refractivity (Wildman–Crippen MR) is 137 cm³/mol. The Balaban J connectivity index is 1.37. The number of imidazole rings is 1. The van der Waals surface area contributed by atoms with Gasteiger partial charge >= 0.3 is 0 Å². The van der Waals surface area contributed by atoms with Crippen LogP contribution in [0.5, 0.6) is 5.75 Å². The molecule has 1 aliphatic rings. The van der Waals surface area contributed by atoms with Gasteiger partial charge in [0.05, 0.1) is 30.8 Å². The smallest absolute Gasteiger partial charge is 0.119 e. The van der Waals surface area contributed by atoms with Crippen molar-refractivity contribution in [2.75, 3.05) is 13.7 Å². The maximum Gasteiger partial charge on any atom is 0.119 e. The molecule has 0 fully saturated rings. The van der Waals surface area contributed by atoms with E-state index in [9.17, 15) is 0 Å². The van der Waals surface area contributed by atoms with Crippen LogP contribution in [0.2, 0.25) is 0 Å². The Morgan fingerprint density at radius 2 is 1.83 bits per heavy atom. The van der Waals surface area contributed by atoms with E-state index in [1.165, 1.54) is 27.9 Å². The maximum atomic E-state index is 9.07. The van der Waals surface area contributed by atoms with Crippen LogP contribution in [0.3, 0.4) is 0 Å². The van der Waals surface area contributed by atoms with Gasteiger partial charge in [-0.15, -0.1) is 0 Å². The molecule has 5 nitrogen and oxygen atoms in total. The van der Waals surface area contributed by atoms with Crippen molar-refractivity contribution in [1.82, 2.24) is 14.5 Å². The third kappa shape index (κ3) is 5.29. The highest BCUT2D eigenvalue weighted by molar-refractivity contribution is 5.39. The fourth-order valence-corrected chi connectivity index (χ4v) is 5.05. The quantitative estimate of drug-likeness (QED) is 0.345. The van der Waals surface area contributed by atoms with Gasteiger partial charge in [0.1, 0.15) is 5.75 Å². The molecule has 3 aromatic carbocycles. The first kappa shape index (κ1) is 22.9. The topological polar surface area (TPSA) is 54.1 Å². The third-order valence-electron chi connectivity index (χ3n) is 6.97. The SMILES string of the molecule is COc1ccc2c(c1)CCN(Cc1cncn1Cc1ccc(C#N)cc1)C2CCc1ccccc1. The van der Waals surface area contributed by atoms with Crippen LogP contribution in [0.15, 0.2) is 85.3 Å². The number of nitriles is 1. The van der Waals surface area contributed by atoms with Crippen LogP contribution in [0.1, 0.15) is 46.0 Å². The molecule has 35 heavy (non-hydrogen) atoms. The van der Waals surface area contributed by atoms with E-state index in [2.05, 4.69) is 69.1 Å². The molecule has 0 saturated heterocycles. The molecule has 1 atom stereocenters.